The van der Waals surface area contributed by atoms with Gasteiger partial charge in [-0.3, -0.25) is 4.79 Å². The molecule has 9 heteroatoms. The maximum Gasteiger partial charge on any atom is 0.251 e. The molecule has 0 radical (unpaired) electrons. The monoisotopic (exact) mass is 418 g/mol. The quantitative estimate of drug-likeness (QED) is 0.621. The standard InChI is InChI=1S/C18H27ClN2O5S/c1-14(2)13-26-9-3-6-20-18(22)15-4-5-16(19)17(12-15)27(23,24)21-7-10-25-11-8-21/h4-5,12,14H,3,6-11,13H2,1-2H3,(H,20,22). The van der Waals surface area contributed by atoms with Crippen molar-refractivity contribution < 1.29 is 22.7 Å². The fourth-order valence-electron chi connectivity index (χ4n) is 2.57. The fourth-order valence-corrected chi connectivity index (χ4v) is 4.47. The van der Waals surface area contributed by atoms with Crippen molar-refractivity contribution in [3.63, 3.8) is 0 Å². The number of ether oxygens (including phenoxy) is 2. The lowest BCUT2D eigenvalue weighted by Crippen LogP contribution is -2.40. The highest BCUT2D eigenvalue weighted by Crippen LogP contribution is 2.26. The summed E-state index contributed by atoms with van der Waals surface area (Å²) in [5.74, 6) is 0.134. The van der Waals surface area contributed by atoms with Crippen LogP contribution < -0.4 is 5.32 Å². The Morgan fingerprint density at radius 2 is 2.04 bits per heavy atom. The zero-order chi connectivity index (χ0) is 19.9. The molecule has 0 bridgehead atoms. The Labute approximate surface area is 166 Å². The van der Waals surface area contributed by atoms with Crippen molar-refractivity contribution in [3.05, 3.63) is 28.8 Å². The average molecular weight is 419 g/mol. The van der Waals surface area contributed by atoms with Crippen LogP contribution in [0, 0.1) is 5.92 Å². The number of carbonyl (C=O) groups excluding carboxylic acids is 1. The third-order valence-electron chi connectivity index (χ3n) is 3.98. The molecule has 0 aromatic heterocycles. The van der Waals surface area contributed by atoms with Crippen LogP contribution in [0.5, 0.6) is 0 Å². The number of halogens is 1. The molecule has 0 saturated carbocycles. The summed E-state index contributed by atoms with van der Waals surface area (Å²) in [6, 6.07) is 4.29. The Morgan fingerprint density at radius 3 is 2.70 bits per heavy atom. The topological polar surface area (TPSA) is 84.9 Å². The van der Waals surface area contributed by atoms with Gasteiger partial charge in [-0.05, 0) is 30.5 Å². The first-order valence-corrected chi connectivity index (χ1v) is 10.9. The zero-order valence-corrected chi connectivity index (χ0v) is 17.3. The smallest absolute Gasteiger partial charge is 0.251 e. The zero-order valence-electron chi connectivity index (χ0n) is 15.7. The van der Waals surface area contributed by atoms with E-state index < -0.39 is 10.0 Å². The summed E-state index contributed by atoms with van der Waals surface area (Å²) in [6.45, 7) is 7.08. The van der Waals surface area contributed by atoms with Crippen LogP contribution in [0.15, 0.2) is 23.1 Å². The van der Waals surface area contributed by atoms with E-state index in [4.69, 9.17) is 21.1 Å². The summed E-state index contributed by atoms with van der Waals surface area (Å²) in [5.41, 5.74) is 0.259. The highest BCUT2D eigenvalue weighted by atomic mass is 35.5. The van der Waals surface area contributed by atoms with Crippen molar-refractivity contribution in [1.29, 1.82) is 0 Å². The van der Waals surface area contributed by atoms with Gasteiger partial charge in [-0.2, -0.15) is 4.31 Å². The summed E-state index contributed by atoms with van der Waals surface area (Å²) in [7, 11) is -3.77. The normalized spacial score (nSPS) is 15.9. The van der Waals surface area contributed by atoms with Crippen LogP contribution in [0.3, 0.4) is 0 Å². The summed E-state index contributed by atoms with van der Waals surface area (Å²) >= 11 is 6.11. The Hall–Kier alpha value is -1.19. The van der Waals surface area contributed by atoms with Gasteiger partial charge in [0, 0.05) is 38.4 Å². The molecule has 152 valence electrons. The van der Waals surface area contributed by atoms with Crippen molar-refractivity contribution in [1.82, 2.24) is 9.62 Å². The number of rotatable bonds is 9. The van der Waals surface area contributed by atoms with Gasteiger partial charge in [0.1, 0.15) is 4.90 Å². The predicted octanol–water partition coefficient (Wildman–Crippen LogP) is 2.15. The van der Waals surface area contributed by atoms with Gasteiger partial charge in [-0.1, -0.05) is 25.4 Å². The Morgan fingerprint density at radius 1 is 1.33 bits per heavy atom. The summed E-state index contributed by atoms with van der Waals surface area (Å²) in [4.78, 5) is 12.3. The van der Waals surface area contributed by atoms with Gasteiger partial charge in [0.2, 0.25) is 10.0 Å². The van der Waals surface area contributed by atoms with E-state index in [1.54, 1.807) is 0 Å². The first-order valence-electron chi connectivity index (χ1n) is 9.05. The number of nitrogens with zero attached hydrogens (tertiary/aromatic N) is 1. The Bertz CT molecular complexity index is 733. The SMILES string of the molecule is CC(C)COCCCNC(=O)c1ccc(Cl)c(S(=O)(=O)N2CCOCC2)c1. The van der Waals surface area contributed by atoms with Crippen molar-refractivity contribution >= 4 is 27.5 Å². The predicted molar refractivity (Wildman–Crippen MR) is 104 cm³/mol. The first kappa shape index (κ1) is 22.1. The van der Waals surface area contributed by atoms with Crippen LogP contribution >= 0.6 is 11.6 Å². The van der Waals surface area contributed by atoms with Gasteiger partial charge >= 0.3 is 0 Å². The largest absolute Gasteiger partial charge is 0.381 e. The van der Waals surface area contributed by atoms with Crippen LogP contribution in [0.1, 0.15) is 30.6 Å². The average Bonchev–Trinajstić information content (AvgIpc) is 2.65. The van der Waals surface area contributed by atoms with Gasteiger partial charge in [0.25, 0.3) is 5.91 Å². The number of nitrogens with one attached hydrogen (secondary N) is 1. The van der Waals surface area contributed by atoms with Gasteiger partial charge in [-0.15, -0.1) is 0 Å². The molecule has 1 fully saturated rings. The second kappa shape index (κ2) is 10.4. The molecule has 1 aliphatic rings. The minimum Gasteiger partial charge on any atom is -0.381 e. The number of morpholine rings is 1. The van der Waals surface area contributed by atoms with Crippen LogP contribution in [-0.2, 0) is 19.5 Å². The van der Waals surface area contributed by atoms with E-state index in [0.717, 1.165) is 0 Å². The number of benzene rings is 1. The van der Waals surface area contributed by atoms with E-state index in [1.165, 1.54) is 22.5 Å². The van der Waals surface area contributed by atoms with Crippen molar-refractivity contribution in [2.75, 3.05) is 46.1 Å². The highest BCUT2D eigenvalue weighted by molar-refractivity contribution is 7.89. The summed E-state index contributed by atoms with van der Waals surface area (Å²) in [6.07, 6.45) is 0.685. The van der Waals surface area contributed by atoms with Crippen LogP contribution in [0.2, 0.25) is 5.02 Å². The lowest BCUT2D eigenvalue weighted by molar-refractivity contribution is 0.0730. The molecule has 1 amide bonds. The molecule has 0 unspecified atom stereocenters. The van der Waals surface area contributed by atoms with Gasteiger partial charge in [0.15, 0.2) is 0 Å². The molecule has 0 spiro atoms. The first-order chi connectivity index (χ1) is 12.8. The third kappa shape index (κ3) is 6.43. The van der Waals surface area contributed by atoms with Gasteiger partial charge in [0.05, 0.1) is 18.2 Å². The molecular weight excluding hydrogens is 392 g/mol. The Balaban J connectivity index is 1.98. The second-order valence-electron chi connectivity index (χ2n) is 6.74. The number of sulfonamides is 1. The number of amides is 1. The van der Waals surface area contributed by atoms with Crippen LogP contribution in [0.4, 0.5) is 0 Å². The van der Waals surface area contributed by atoms with E-state index in [9.17, 15) is 13.2 Å². The molecule has 1 saturated heterocycles. The van der Waals surface area contributed by atoms with Crippen molar-refractivity contribution in [2.45, 2.75) is 25.2 Å². The van der Waals surface area contributed by atoms with E-state index in [-0.39, 0.29) is 34.5 Å². The Kier molecular flexibility index (Phi) is 8.50. The molecule has 27 heavy (non-hydrogen) atoms. The highest BCUT2D eigenvalue weighted by Gasteiger charge is 2.29. The van der Waals surface area contributed by atoms with Crippen LogP contribution in [-0.4, -0.2) is 64.7 Å². The van der Waals surface area contributed by atoms with E-state index in [0.29, 0.717) is 45.3 Å². The number of hydrogen-bond acceptors (Lipinski definition) is 5. The third-order valence-corrected chi connectivity index (χ3v) is 6.36. The van der Waals surface area contributed by atoms with E-state index >= 15 is 0 Å². The molecule has 0 atom stereocenters. The van der Waals surface area contributed by atoms with E-state index in [2.05, 4.69) is 19.2 Å². The second-order valence-corrected chi connectivity index (χ2v) is 9.05. The summed E-state index contributed by atoms with van der Waals surface area (Å²) < 4.78 is 37.6. The minimum atomic E-state index is -3.77. The van der Waals surface area contributed by atoms with Gasteiger partial charge in [-0.25, -0.2) is 8.42 Å². The van der Waals surface area contributed by atoms with E-state index in [1.807, 2.05) is 0 Å². The number of hydrogen-bond donors (Lipinski definition) is 1. The lowest BCUT2D eigenvalue weighted by atomic mass is 10.2. The maximum absolute atomic E-state index is 12.8. The molecule has 1 N–H and O–H groups in total. The minimum absolute atomic E-state index is 0.0565. The number of carbonyl (C=O) groups is 1. The molecule has 1 aromatic carbocycles. The molecule has 0 aliphatic carbocycles. The maximum atomic E-state index is 12.8. The molecule has 2 rings (SSSR count). The molecule has 7 nitrogen and oxygen atoms in total. The fraction of sp³-hybridized carbons (Fsp3) is 0.611. The lowest BCUT2D eigenvalue weighted by Gasteiger charge is -2.26. The van der Waals surface area contributed by atoms with Gasteiger partial charge < -0.3 is 14.8 Å². The molecular formula is C18H27ClN2O5S. The van der Waals surface area contributed by atoms with Crippen molar-refractivity contribution in [3.8, 4) is 0 Å². The molecule has 1 aromatic rings. The van der Waals surface area contributed by atoms with Crippen LogP contribution in [0.25, 0.3) is 0 Å². The summed E-state index contributed by atoms with van der Waals surface area (Å²) in [5, 5.41) is 2.87. The molecule has 1 aliphatic heterocycles. The van der Waals surface area contributed by atoms with Crippen molar-refractivity contribution in [2.24, 2.45) is 5.92 Å². The molecule has 1 heterocycles.